The van der Waals surface area contributed by atoms with Gasteiger partial charge in [-0.05, 0) is 31.4 Å². The van der Waals surface area contributed by atoms with Crippen LogP contribution in [-0.2, 0) is 4.79 Å². The Morgan fingerprint density at radius 1 is 1.38 bits per heavy atom. The number of nitrogen functional groups attached to an aromatic ring is 1. The van der Waals surface area contributed by atoms with Crippen molar-refractivity contribution in [2.75, 3.05) is 26.4 Å². The Bertz CT molecular complexity index is 545. The first kappa shape index (κ1) is 15.2. The van der Waals surface area contributed by atoms with Gasteiger partial charge in [0.25, 0.3) is 5.91 Å². The van der Waals surface area contributed by atoms with Crippen LogP contribution in [-0.4, -0.2) is 43.5 Å². The Labute approximate surface area is 124 Å². The SMILES string of the molecule is CNC(=O)C1CCCCN1C(=O)c1ccc(OC)cc1N. The number of piperidine rings is 1. The summed E-state index contributed by atoms with van der Waals surface area (Å²) in [5, 5.41) is 2.62. The van der Waals surface area contributed by atoms with E-state index in [9.17, 15) is 9.59 Å². The molecule has 1 unspecified atom stereocenters. The van der Waals surface area contributed by atoms with Crippen LogP contribution in [0.4, 0.5) is 5.69 Å². The van der Waals surface area contributed by atoms with Gasteiger partial charge in [0.1, 0.15) is 11.8 Å². The zero-order valence-electron chi connectivity index (χ0n) is 12.4. The number of carbonyl (C=O) groups excluding carboxylic acids is 2. The average molecular weight is 291 g/mol. The van der Waals surface area contributed by atoms with Crippen molar-refractivity contribution in [3.05, 3.63) is 23.8 Å². The molecule has 1 fully saturated rings. The van der Waals surface area contributed by atoms with Crippen LogP contribution in [0.5, 0.6) is 5.75 Å². The number of amides is 2. The maximum atomic E-state index is 12.7. The summed E-state index contributed by atoms with van der Waals surface area (Å²) < 4.78 is 5.08. The maximum absolute atomic E-state index is 12.7. The third kappa shape index (κ3) is 3.09. The smallest absolute Gasteiger partial charge is 0.256 e. The van der Waals surface area contributed by atoms with Gasteiger partial charge in [-0.1, -0.05) is 0 Å². The molecule has 1 aromatic rings. The first-order chi connectivity index (χ1) is 10.1. The van der Waals surface area contributed by atoms with Gasteiger partial charge in [-0.15, -0.1) is 0 Å². The van der Waals surface area contributed by atoms with Crippen molar-refractivity contribution < 1.29 is 14.3 Å². The highest BCUT2D eigenvalue weighted by atomic mass is 16.5. The topological polar surface area (TPSA) is 84.7 Å². The molecule has 114 valence electrons. The van der Waals surface area contributed by atoms with E-state index in [0.717, 1.165) is 12.8 Å². The number of benzene rings is 1. The number of rotatable bonds is 3. The van der Waals surface area contributed by atoms with Gasteiger partial charge < -0.3 is 20.7 Å². The van der Waals surface area contributed by atoms with Crippen LogP contribution in [0.3, 0.4) is 0 Å². The fraction of sp³-hybridized carbons (Fsp3) is 0.467. The van der Waals surface area contributed by atoms with Crippen molar-refractivity contribution in [1.29, 1.82) is 0 Å². The summed E-state index contributed by atoms with van der Waals surface area (Å²) in [6.07, 6.45) is 2.52. The second-order valence-corrected chi connectivity index (χ2v) is 5.08. The predicted octanol–water partition coefficient (Wildman–Crippen LogP) is 1.02. The number of methoxy groups -OCH3 is 1. The number of nitrogens with zero attached hydrogens (tertiary/aromatic N) is 1. The van der Waals surface area contributed by atoms with Gasteiger partial charge in [0.05, 0.1) is 12.7 Å². The fourth-order valence-electron chi connectivity index (χ4n) is 2.63. The lowest BCUT2D eigenvalue weighted by Crippen LogP contribution is -2.51. The van der Waals surface area contributed by atoms with Gasteiger partial charge in [0.2, 0.25) is 5.91 Å². The molecule has 0 radical (unpaired) electrons. The van der Waals surface area contributed by atoms with E-state index in [2.05, 4.69) is 5.32 Å². The molecule has 1 aromatic carbocycles. The maximum Gasteiger partial charge on any atom is 0.256 e. The highest BCUT2D eigenvalue weighted by molar-refractivity contribution is 6.01. The number of ether oxygens (including phenoxy) is 1. The number of nitrogens with one attached hydrogen (secondary N) is 1. The summed E-state index contributed by atoms with van der Waals surface area (Å²) in [4.78, 5) is 26.2. The lowest BCUT2D eigenvalue weighted by atomic mass is 9.99. The van der Waals surface area contributed by atoms with Crippen molar-refractivity contribution >= 4 is 17.5 Å². The molecule has 3 N–H and O–H groups in total. The summed E-state index contributed by atoms with van der Waals surface area (Å²) in [7, 11) is 3.13. The number of nitrogens with two attached hydrogens (primary N) is 1. The number of carbonyl (C=O) groups is 2. The molecule has 1 aliphatic heterocycles. The number of likely N-dealkylation sites (tertiary alicyclic amines) is 1. The highest BCUT2D eigenvalue weighted by Crippen LogP contribution is 2.25. The van der Waals surface area contributed by atoms with Crippen molar-refractivity contribution in [1.82, 2.24) is 10.2 Å². The number of likely N-dealkylation sites (N-methyl/N-ethyl adjacent to an activating group) is 1. The predicted molar refractivity (Wildman–Crippen MR) is 80.1 cm³/mol. The summed E-state index contributed by atoms with van der Waals surface area (Å²) >= 11 is 0. The van der Waals surface area contributed by atoms with Crippen molar-refractivity contribution in [2.45, 2.75) is 25.3 Å². The van der Waals surface area contributed by atoms with E-state index < -0.39 is 6.04 Å². The summed E-state index contributed by atoms with van der Waals surface area (Å²) in [6, 6.07) is 4.54. The molecule has 1 atom stereocenters. The molecule has 1 saturated heterocycles. The van der Waals surface area contributed by atoms with E-state index in [4.69, 9.17) is 10.5 Å². The van der Waals surface area contributed by atoms with E-state index in [1.807, 2.05) is 0 Å². The van der Waals surface area contributed by atoms with Gasteiger partial charge in [0, 0.05) is 25.3 Å². The number of anilines is 1. The van der Waals surface area contributed by atoms with E-state index in [1.165, 1.54) is 0 Å². The molecule has 2 rings (SSSR count). The highest BCUT2D eigenvalue weighted by Gasteiger charge is 2.32. The van der Waals surface area contributed by atoms with E-state index >= 15 is 0 Å². The lowest BCUT2D eigenvalue weighted by Gasteiger charge is -2.34. The summed E-state index contributed by atoms with van der Waals surface area (Å²) in [5.41, 5.74) is 6.70. The Balaban J connectivity index is 2.26. The second-order valence-electron chi connectivity index (χ2n) is 5.08. The molecule has 6 nitrogen and oxygen atoms in total. The quantitative estimate of drug-likeness (QED) is 0.814. The Hall–Kier alpha value is -2.24. The van der Waals surface area contributed by atoms with E-state index in [-0.39, 0.29) is 11.8 Å². The zero-order valence-corrected chi connectivity index (χ0v) is 12.4. The molecule has 1 aliphatic rings. The number of hydrogen-bond acceptors (Lipinski definition) is 4. The second kappa shape index (κ2) is 6.47. The fourth-order valence-corrected chi connectivity index (χ4v) is 2.63. The van der Waals surface area contributed by atoms with Crippen LogP contribution in [0.25, 0.3) is 0 Å². The molecule has 6 heteroatoms. The van der Waals surface area contributed by atoms with Crippen LogP contribution >= 0.6 is 0 Å². The molecule has 2 amide bonds. The van der Waals surface area contributed by atoms with E-state index in [0.29, 0.717) is 30.0 Å². The molecular formula is C15H21N3O3. The molecule has 21 heavy (non-hydrogen) atoms. The molecule has 0 spiro atoms. The van der Waals surface area contributed by atoms with Crippen LogP contribution in [0.15, 0.2) is 18.2 Å². The van der Waals surface area contributed by atoms with Gasteiger partial charge in [-0.2, -0.15) is 0 Å². The van der Waals surface area contributed by atoms with E-state index in [1.54, 1.807) is 37.3 Å². The van der Waals surface area contributed by atoms with Gasteiger partial charge in [0.15, 0.2) is 0 Å². The monoisotopic (exact) mass is 291 g/mol. The first-order valence-electron chi connectivity index (χ1n) is 7.04. The molecule has 1 heterocycles. The first-order valence-corrected chi connectivity index (χ1v) is 7.04. The minimum atomic E-state index is -0.419. The van der Waals surface area contributed by atoms with Crippen molar-refractivity contribution in [3.63, 3.8) is 0 Å². The van der Waals surface area contributed by atoms with Gasteiger partial charge in [-0.25, -0.2) is 0 Å². The van der Waals surface area contributed by atoms with Crippen molar-refractivity contribution in [2.24, 2.45) is 0 Å². The zero-order chi connectivity index (χ0) is 15.4. The largest absolute Gasteiger partial charge is 0.497 e. The molecule has 0 saturated carbocycles. The van der Waals surface area contributed by atoms with Crippen LogP contribution in [0.2, 0.25) is 0 Å². The van der Waals surface area contributed by atoms with Gasteiger partial charge >= 0.3 is 0 Å². The Morgan fingerprint density at radius 2 is 2.14 bits per heavy atom. The minimum absolute atomic E-state index is 0.130. The average Bonchev–Trinajstić information content (AvgIpc) is 2.53. The third-order valence-electron chi connectivity index (χ3n) is 3.80. The molecule has 0 bridgehead atoms. The summed E-state index contributed by atoms with van der Waals surface area (Å²) in [5.74, 6) is 0.268. The van der Waals surface area contributed by atoms with Crippen molar-refractivity contribution in [3.8, 4) is 5.75 Å². The normalized spacial score (nSPS) is 18.2. The van der Waals surface area contributed by atoms with Crippen LogP contribution in [0, 0.1) is 0 Å². The number of hydrogen-bond donors (Lipinski definition) is 2. The minimum Gasteiger partial charge on any atom is -0.497 e. The Morgan fingerprint density at radius 3 is 2.76 bits per heavy atom. The molecule has 0 aliphatic carbocycles. The van der Waals surface area contributed by atoms with Crippen LogP contribution < -0.4 is 15.8 Å². The summed E-state index contributed by atoms with van der Waals surface area (Å²) in [6.45, 7) is 0.572. The molecule has 0 aromatic heterocycles. The Kier molecular flexibility index (Phi) is 4.67. The van der Waals surface area contributed by atoms with Gasteiger partial charge in [-0.3, -0.25) is 9.59 Å². The molecular weight excluding hydrogens is 270 g/mol. The van der Waals surface area contributed by atoms with Crippen LogP contribution in [0.1, 0.15) is 29.6 Å². The standard InChI is InChI=1S/C15H21N3O3/c1-17-14(19)13-5-3-4-8-18(13)15(20)11-7-6-10(21-2)9-12(11)16/h6-7,9,13H,3-5,8,16H2,1-2H3,(H,17,19). The lowest BCUT2D eigenvalue weighted by molar-refractivity contribution is -0.126. The third-order valence-corrected chi connectivity index (χ3v) is 3.80.